The summed E-state index contributed by atoms with van der Waals surface area (Å²) in [6.07, 6.45) is -9.06. The van der Waals surface area contributed by atoms with E-state index in [0.29, 0.717) is 0 Å². The highest BCUT2D eigenvalue weighted by molar-refractivity contribution is 14.1. The average molecular weight is 732 g/mol. The molecule has 192 valence electrons. The first-order chi connectivity index (χ1) is 15.9. The highest BCUT2D eigenvalue weighted by Crippen LogP contribution is 2.37. The zero-order chi connectivity index (χ0) is 27.3. The molecule has 0 aliphatic heterocycles. The zero-order valence-corrected chi connectivity index (χ0v) is 22.3. The lowest BCUT2D eigenvalue weighted by Crippen LogP contribution is -2.16. The van der Waals surface area contributed by atoms with Crippen LogP contribution in [0.2, 0.25) is 0 Å². The van der Waals surface area contributed by atoms with Crippen LogP contribution in [0.15, 0.2) is 24.3 Å². The van der Waals surface area contributed by atoms with Crippen molar-refractivity contribution in [1.82, 2.24) is 0 Å². The molecule has 7 nitrogen and oxygen atoms in total. The van der Waals surface area contributed by atoms with Gasteiger partial charge < -0.3 is 20.5 Å². The van der Waals surface area contributed by atoms with Crippen molar-refractivity contribution in [3.63, 3.8) is 0 Å². The first kappa shape index (κ1) is 30.7. The van der Waals surface area contributed by atoms with Gasteiger partial charge in [0.15, 0.2) is 0 Å². The van der Waals surface area contributed by atoms with Crippen molar-refractivity contribution in [1.29, 1.82) is 0 Å². The minimum Gasteiger partial charge on any atom is -0.465 e. The third-order valence-corrected chi connectivity index (χ3v) is 5.76. The third kappa shape index (κ3) is 8.39. The van der Waals surface area contributed by atoms with Gasteiger partial charge in [-0.15, -0.1) is 0 Å². The summed E-state index contributed by atoms with van der Waals surface area (Å²) in [5.41, 5.74) is 2.89. The van der Waals surface area contributed by atoms with Gasteiger partial charge in [0.25, 0.3) is 0 Å². The molecule has 35 heavy (non-hydrogen) atoms. The maximum Gasteiger partial charge on any atom is 0.417 e. The van der Waals surface area contributed by atoms with E-state index in [1.807, 2.05) is 0 Å². The Labute approximate surface area is 222 Å². The largest absolute Gasteiger partial charge is 0.465 e. The minimum atomic E-state index is -4.57. The van der Waals surface area contributed by atoms with E-state index in [2.05, 4.69) is 14.8 Å². The van der Waals surface area contributed by atoms with E-state index in [1.165, 1.54) is 45.2 Å². The van der Waals surface area contributed by atoms with E-state index in [0.717, 1.165) is 45.4 Å². The Morgan fingerprint density at radius 2 is 1.20 bits per heavy atom. The number of alkyl halides is 6. The number of methoxy groups -OCH3 is 2. The number of hydrogen-bond acceptors (Lipinski definition) is 6. The Balaban J connectivity index is 0.000000355. The number of carbonyl (C=O) groups excluding carboxylic acids is 3. The molecular formula is C20H16F6I2N2O5. The van der Waals surface area contributed by atoms with Crippen molar-refractivity contribution >= 4 is 74.4 Å². The summed E-state index contributed by atoms with van der Waals surface area (Å²) < 4.78 is 84.2. The molecule has 0 heterocycles. The predicted molar refractivity (Wildman–Crippen MR) is 130 cm³/mol. The highest BCUT2D eigenvalue weighted by atomic mass is 127. The molecule has 0 unspecified atom stereocenters. The first-order valence-corrected chi connectivity index (χ1v) is 11.1. The molecule has 1 amide bonds. The average Bonchev–Trinajstić information content (AvgIpc) is 2.73. The molecule has 0 atom stereocenters. The van der Waals surface area contributed by atoms with Gasteiger partial charge in [-0.25, -0.2) is 9.59 Å². The van der Waals surface area contributed by atoms with E-state index >= 15 is 0 Å². The first-order valence-electron chi connectivity index (χ1n) is 8.95. The van der Waals surface area contributed by atoms with Gasteiger partial charge >= 0.3 is 24.3 Å². The number of benzene rings is 2. The fourth-order valence-corrected chi connectivity index (χ4v) is 4.00. The van der Waals surface area contributed by atoms with Crippen LogP contribution < -0.4 is 11.1 Å². The van der Waals surface area contributed by atoms with Crippen LogP contribution >= 0.6 is 45.2 Å². The number of hydrogen-bond donors (Lipinski definition) is 2. The SMILES string of the molecule is COC(=O)c1cc(I)c(C(F)(F)F)cc1N.COC(=O)c1cc(I)c(C(F)(F)F)cc1NC(C)=O. The quantitative estimate of drug-likeness (QED) is 0.181. The third-order valence-electron chi connectivity index (χ3n) is 3.98. The second-order valence-electron chi connectivity index (χ2n) is 6.46. The summed E-state index contributed by atoms with van der Waals surface area (Å²) in [4.78, 5) is 33.6. The van der Waals surface area contributed by atoms with E-state index < -0.39 is 41.3 Å². The van der Waals surface area contributed by atoms with Gasteiger partial charge in [-0.2, -0.15) is 26.3 Å². The number of nitrogen functional groups attached to an aromatic ring is 1. The number of anilines is 2. The smallest absolute Gasteiger partial charge is 0.417 e. The summed E-state index contributed by atoms with van der Waals surface area (Å²) in [5.74, 6) is -2.17. The molecule has 15 heteroatoms. The van der Waals surface area contributed by atoms with Crippen molar-refractivity contribution < 1.29 is 50.2 Å². The molecule has 0 saturated heterocycles. The van der Waals surface area contributed by atoms with Gasteiger partial charge in [0.1, 0.15) is 0 Å². The second kappa shape index (κ2) is 12.1. The van der Waals surface area contributed by atoms with E-state index in [-0.39, 0.29) is 29.6 Å². The van der Waals surface area contributed by atoms with Crippen molar-refractivity contribution in [3.05, 3.63) is 53.7 Å². The predicted octanol–water partition coefficient (Wildman–Crippen LogP) is 5.73. The molecule has 2 aromatic rings. The number of nitrogens with one attached hydrogen (secondary N) is 1. The lowest BCUT2D eigenvalue weighted by Gasteiger charge is -2.14. The van der Waals surface area contributed by atoms with E-state index in [1.54, 1.807) is 0 Å². The van der Waals surface area contributed by atoms with Gasteiger partial charge in [0, 0.05) is 19.8 Å². The lowest BCUT2D eigenvalue weighted by molar-refractivity contribution is -0.139. The fourth-order valence-electron chi connectivity index (χ4n) is 2.46. The van der Waals surface area contributed by atoms with Gasteiger partial charge in [0.2, 0.25) is 5.91 Å². The Morgan fingerprint density at radius 3 is 1.60 bits per heavy atom. The fraction of sp³-hybridized carbons (Fsp3) is 0.250. The summed E-state index contributed by atoms with van der Waals surface area (Å²) in [5, 5.41) is 2.19. The molecule has 0 radical (unpaired) electrons. The van der Waals surface area contributed by atoms with Crippen LogP contribution in [0.5, 0.6) is 0 Å². The molecule has 3 N–H and O–H groups in total. The Kier molecular flexibility index (Phi) is 10.6. The number of ether oxygens (including phenoxy) is 2. The Hall–Kier alpha value is -2.31. The summed E-state index contributed by atoms with van der Waals surface area (Å²) in [6, 6.07) is 3.54. The van der Waals surface area contributed by atoms with Gasteiger partial charge in [-0.1, -0.05) is 0 Å². The molecule has 0 fully saturated rings. The van der Waals surface area contributed by atoms with Gasteiger partial charge in [-0.3, -0.25) is 4.79 Å². The van der Waals surface area contributed by atoms with Crippen LogP contribution in [0.4, 0.5) is 37.7 Å². The number of rotatable bonds is 3. The molecule has 0 saturated carbocycles. The minimum absolute atomic E-state index is 0.0695. The summed E-state index contributed by atoms with van der Waals surface area (Å²) in [6.45, 7) is 1.13. The van der Waals surface area contributed by atoms with Gasteiger partial charge in [-0.05, 0) is 69.4 Å². The van der Waals surface area contributed by atoms with Crippen molar-refractivity contribution in [3.8, 4) is 0 Å². The van der Waals surface area contributed by atoms with Gasteiger partial charge in [0.05, 0.1) is 42.2 Å². The molecule has 0 aliphatic carbocycles. The maximum atomic E-state index is 12.7. The van der Waals surface area contributed by atoms with Crippen LogP contribution in [0.3, 0.4) is 0 Å². The van der Waals surface area contributed by atoms with E-state index in [9.17, 15) is 40.7 Å². The second-order valence-corrected chi connectivity index (χ2v) is 8.78. The van der Waals surface area contributed by atoms with Crippen LogP contribution in [-0.4, -0.2) is 32.1 Å². The molecule has 0 aliphatic rings. The van der Waals surface area contributed by atoms with Crippen LogP contribution in [0.25, 0.3) is 0 Å². The van der Waals surface area contributed by atoms with E-state index in [4.69, 9.17) is 5.73 Å². The molecular weight excluding hydrogens is 716 g/mol. The summed E-state index contributed by atoms with van der Waals surface area (Å²) >= 11 is 2.97. The topological polar surface area (TPSA) is 108 Å². The Morgan fingerprint density at radius 1 is 0.800 bits per heavy atom. The zero-order valence-electron chi connectivity index (χ0n) is 18.0. The molecule has 0 spiro atoms. The van der Waals surface area contributed by atoms with Crippen molar-refractivity contribution in [2.45, 2.75) is 19.3 Å². The summed E-state index contributed by atoms with van der Waals surface area (Å²) in [7, 11) is 2.23. The number of carbonyl (C=O) groups is 3. The van der Waals surface area contributed by atoms with Crippen molar-refractivity contribution in [2.75, 3.05) is 25.3 Å². The van der Waals surface area contributed by atoms with Crippen LogP contribution in [0.1, 0.15) is 38.8 Å². The standard InChI is InChI=1S/C11H9F3INO3.C9H7F3INO2/c1-5(17)16-9-4-7(11(12,13)14)8(15)3-6(9)10(18)19-2;1-16-8(15)4-2-6(13)5(3-7(4)14)9(10,11)12/h3-4H,1-2H3,(H,16,17);2-3H,14H2,1H3. The number of esters is 2. The van der Waals surface area contributed by atoms with Crippen molar-refractivity contribution in [2.24, 2.45) is 0 Å². The van der Waals surface area contributed by atoms with Crippen LogP contribution in [0, 0.1) is 7.14 Å². The molecule has 0 bridgehead atoms. The van der Waals surface area contributed by atoms with Crippen LogP contribution in [-0.2, 0) is 26.6 Å². The lowest BCUT2D eigenvalue weighted by atomic mass is 10.1. The number of nitrogens with two attached hydrogens (primary N) is 1. The normalized spacial score (nSPS) is 11.2. The Bertz CT molecular complexity index is 1140. The molecule has 2 aromatic carbocycles. The number of amides is 1. The maximum absolute atomic E-state index is 12.7. The highest BCUT2D eigenvalue weighted by Gasteiger charge is 2.35. The molecule has 2 rings (SSSR count). The molecule has 0 aromatic heterocycles. The monoisotopic (exact) mass is 732 g/mol. The number of halogens is 8.